The maximum atomic E-state index is 12.8. The van der Waals surface area contributed by atoms with Crippen LogP contribution in [0.4, 0.5) is 5.95 Å². The molecular formula is C17H22N6O2. The van der Waals surface area contributed by atoms with Crippen molar-refractivity contribution in [1.29, 1.82) is 0 Å². The fourth-order valence-corrected chi connectivity index (χ4v) is 3.80. The maximum absolute atomic E-state index is 12.8. The number of tetrazole rings is 1. The highest BCUT2D eigenvalue weighted by Gasteiger charge is 2.41. The first-order chi connectivity index (χ1) is 12.3. The van der Waals surface area contributed by atoms with Gasteiger partial charge in [0.2, 0.25) is 11.9 Å². The summed E-state index contributed by atoms with van der Waals surface area (Å²) in [7, 11) is 1.67. The van der Waals surface area contributed by atoms with E-state index >= 15 is 0 Å². The molecule has 2 aromatic rings. The second kappa shape index (κ2) is 6.79. The standard InChI is InChI=1S/C17H22N6O2/c1-25-10-9-22-15-8-7-13(16(22)24)11-21(12-15)17-18-19-20-23(17)14-5-3-2-4-6-14/h2-6,13,15H,7-12H2,1H3/t13-,15+/m0/s1. The monoisotopic (exact) mass is 342 g/mol. The quantitative estimate of drug-likeness (QED) is 0.798. The van der Waals surface area contributed by atoms with Crippen LogP contribution in [0.5, 0.6) is 0 Å². The summed E-state index contributed by atoms with van der Waals surface area (Å²) < 4.78 is 6.92. The Morgan fingerprint density at radius 3 is 2.84 bits per heavy atom. The molecule has 3 fully saturated rings. The Morgan fingerprint density at radius 2 is 2.04 bits per heavy atom. The number of amides is 1. The van der Waals surface area contributed by atoms with Crippen LogP contribution in [0.25, 0.3) is 5.69 Å². The topological polar surface area (TPSA) is 76.4 Å². The summed E-state index contributed by atoms with van der Waals surface area (Å²) in [5.41, 5.74) is 0.918. The number of carbonyl (C=O) groups excluding carboxylic acids is 1. The van der Waals surface area contributed by atoms with E-state index in [0.29, 0.717) is 25.6 Å². The molecule has 1 amide bonds. The number of benzene rings is 1. The van der Waals surface area contributed by atoms with Crippen molar-refractivity contribution in [3.63, 3.8) is 0 Å². The van der Waals surface area contributed by atoms with E-state index in [1.807, 2.05) is 35.2 Å². The number of anilines is 1. The molecule has 0 unspecified atom stereocenters. The summed E-state index contributed by atoms with van der Waals surface area (Å²) in [5.74, 6) is 0.926. The molecule has 25 heavy (non-hydrogen) atoms. The van der Waals surface area contributed by atoms with Crippen molar-refractivity contribution in [2.75, 3.05) is 38.3 Å². The zero-order valence-electron chi connectivity index (χ0n) is 14.3. The number of aromatic nitrogens is 4. The number of rotatable bonds is 5. The molecule has 132 valence electrons. The lowest BCUT2D eigenvalue weighted by Crippen LogP contribution is -2.49. The Kier molecular flexibility index (Phi) is 4.35. The smallest absolute Gasteiger partial charge is 0.250 e. The van der Waals surface area contributed by atoms with Crippen LogP contribution < -0.4 is 4.90 Å². The van der Waals surface area contributed by atoms with Crippen LogP contribution in [-0.4, -0.2) is 70.4 Å². The molecule has 8 nitrogen and oxygen atoms in total. The molecule has 0 spiro atoms. The van der Waals surface area contributed by atoms with E-state index in [1.165, 1.54) is 0 Å². The average Bonchev–Trinajstić information content (AvgIpc) is 2.98. The highest BCUT2D eigenvalue weighted by Crippen LogP contribution is 2.31. The van der Waals surface area contributed by atoms with E-state index in [4.69, 9.17) is 4.74 Å². The Hall–Kier alpha value is -2.48. The van der Waals surface area contributed by atoms with E-state index in [9.17, 15) is 4.79 Å². The van der Waals surface area contributed by atoms with Gasteiger partial charge in [-0.1, -0.05) is 23.3 Å². The van der Waals surface area contributed by atoms with Crippen molar-refractivity contribution in [2.24, 2.45) is 5.92 Å². The van der Waals surface area contributed by atoms with Crippen molar-refractivity contribution in [3.05, 3.63) is 30.3 Å². The minimum Gasteiger partial charge on any atom is -0.383 e. The highest BCUT2D eigenvalue weighted by molar-refractivity contribution is 5.81. The van der Waals surface area contributed by atoms with Crippen LogP contribution in [0, 0.1) is 5.92 Å². The number of hydrogen-bond donors (Lipinski definition) is 0. The van der Waals surface area contributed by atoms with Gasteiger partial charge in [-0.2, -0.15) is 4.68 Å². The fourth-order valence-electron chi connectivity index (χ4n) is 3.80. The Labute approximate surface area is 146 Å². The van der Waals surface area contributed by atoms with Crippen molar-refractivity contribution in [3.8, 4) is 5.69 Å². The van der Waals surface area contributed by atoms with Gasteiger partial charge in [0.25, 0.3) is 0 Å². The number of piperidine rings is 1. The van der Waals surface area contributed by atoms with Gasteiger partial charge in [0.05, 0.1) is 18.2 Å². The number of methoxy groups -OCH3 is 1. The van der Waals surface area contributed by atoms with Crippen molar-refractivity contribution < 1.29 is 9.53 Å². The molecule has 3 aliphatic heterocycles. The average molecular weight is 342 g/mol. The van der Waals surface area contributed by atoms with Crippen LogP contribution >= 0.6 is 0 Å². The van der Waals surface area contributed by atoms with Gasteiger partial charge in [-0.25, -0.2) is 0 Å². The normalized spacial score (nSPS) is 23.2. The number of para-hydroxylation sites is 1. The molecule has 1 aromatic carbocycles. The molecule has 0 N–H and O–H groups in total. The summed E-state index contributed by atoms with van der Waals surface area (Å²) in [6, 6.07) is 10.0. The first-order valence-corrected chi connectivity index (χ1v) is 8.66. The third kappa shape index (κ3) is 2.97. The highest BCUT2D eigenvalue weighted by atomic mass is 16.5. The number of nitrogens with zero attached hydrogens (tertiary/aromatic N) is 6. The molecule has 0 aliphatic carbocycles. The minimum absolute atomic E-state index is 0.00321. The summed E-state index contributed by atoms with van der Waals surface area (Å²) in [5, 5.41) is 12.3. The van der Waals surface area contributed by atoms with E-state index < -0.39 is 0 Å². The van der Waals surface area contributed by atoms with Crippen LogP contribution in [0.3, 0.4) is 0 Å². The molecule has 0 saturated carbocycles. The molecule has 5 rings (SSSR count). The van der Waals surface area contributed by atoms with Gasteiger partial charge in [-0.3, -0.25) is 4.79 Å². The summed E-state index contributed by atoms with van der Waals surface area (Å²) in [4.78, 5) is 16.9. The molecule has 4 heterocycles. The molecule has 0 radical (unpaired) electrons. The minimum atomic E-state index is -0.00321. The Bertz CT molecular complexity index is 734. The van der Waals surface area contributed by atoms with E-state index in [1.54, 1.807) is 11.8 Å². The third-order valence-corrected chi connectivity index (χ3v) is 5.07. The summed E-state index contributed by atoms with van der Waals surface area (Å²) >= 11 is 0. The summed E-state index contributed by atoms with van der Waals surface area (Å²) in [6.07, 6.45) is 1.94. The lowest BCUT2D eigenvalue weighted by molar-refractivity contribution is -0.140. The predicted octanol–water partition coefficient (Wildman–Crippen LogP) is 0.736. The van der Waals surface area contributed by atoms with Crippen LogP contribution in [0.1, 0.15) is 12.8 Å². The number of fused-ring (bicyclic) bond motifs is 4. The van der Waals surface area contributed by atoms with Crippen molar-refractivity contribution >= 4 is 11.9 Å². The van der Waals surface area contributed by atoms with Crippen molar-refractivity contribution in [1.82, 2.24) is 25.1 Å². The SMILES string of the molecule is COCCN1C(=O)[C@H]2CC[C@@H]1CN(c1nnnn1-c1ccccc1)C2. The predicted molar refractivity (Wildman–Crippen MR) is 91.5 cm³/mol. The van der Waals surface area contributed by atoms with E-state index in [-0.39, 0.29) is 17.9 Å². The van der Waals surface area contributed by atoms with Gasteiger partial charge >= 0.3 is 0 Å². The summed E-state index contributed by atoms with van der Waals surface area (Å²) in [6.45, 7) is 2.62. The number of carbonyl (C=O) groups is 1. The van der Waals surface area contributed by atoms with E-state index in [0.717, 1.165) is 25.1 Å². The lowest BCUT2D eigenvalue weighted by atomic mass is 9.94. The second-order valence-electron chi connectivity index (χ2n) is 6.58. The van der Waals surface area contributed by atoms with Crippen molar-refractivity contribution in [2.45, 2.75) is 18.9 Å². The second-order valence-corrected chi connectivity index (χ2v) is 6.58. The zero-order valence-corrected chi connectivity index (χ0v) is 14.3. The molecule has 3 aliphatic rings. The molecule has 1 aromatic heterocycles. The van der Waals surface area contributed by atoms with Crippen LogP contribution in [-0.2, 0) is 9.53 Å². The fraction of sp³-hybridized carbons (Fsp3) is 0.529. The Morgan fingerprint density at radius 1 is 1.20 bits per heavy atom. The first-order valence-electron chi connectivity index (χ1n) is 8.66. The van der Waals surface area contributed by atoms with Crippen LogP contribution in [0.2, 0.25) is 0 Å². The Balaban J connectivity index is 1.61. The maximum Gasteiger partial charge on any atom is 0.250 e. The molecule has 3 saturated heterocycles. The number of hydrogen-bond acceptors (Lipinski definition) is 6. The van der Waals surface area contributed by atoms with Gasteiger partial charge in [-0.05, 0) is 35.4 Å². The third-order valence-electron chi connectivity index (χ3n) is 5.07. The largest absolute Gasteiger partial charge is 0.383 e. The molecule has 8 heteroatoms. The van der Waals surface area contributed by atoms with Gasteiger partial charge in [0.1, 0.15) is 0 Å². The lowest BCUT2D eigenvalue weighted by Gasteiger charge is -2.35. The van der Waals surface area contributed by atoms with Gasteiger partial charge in [0, 0.05) is 32.8 Å². The van der Waals surface area contributed by atoms with Gasteiger partial charge < -0.3 is 14.5 Å². The molecular weight excluding hydrogens is 320 g/mol. The molecule has 2 atom stereocenters. The van der Waals surface area contributed by atoms with Crippen LogP contribution in [0.15, 0.2) is 30.3 Å². The van der Waals surface area contributed by atoms with E-state index in [2.05, 4.69) is 20.4 Å². The zero-order chi connectivity index (χ0) is 17.2. The first kappa shape index (κ1) is 16.0. The molecule has 2 bridgehead atoms. The van der Waals surface area contributed by atoms with Gasteiger partial charge in [-0.15, -0.1) is 0 Å². The number of ether oxygens (including phenoxy) is 1. The van der Waals surface area contributed by atoms with Gasteiger partial charge in [0.15, 0.2) is 0 Å².